The molecular weight excluding hydrogens is 604 g/mol. The van der Waals surface area contributed by atoms with Crippen molar-refractivity contribution in [2.75, 3.05) is 42.9 Å². The van der Waals surface area contributed by atoms with Crippen LogP contribution in [0.2, 0.25) is 0 Å². The van der Waals surface area contributed by atoms with E-state index in [1.54, 1.807) is 4.90 Å². The number of amides is 4. The number of hydrogen-bond donors (Lipinski definition) is 1. The Morgan fingerprint density at radius 3 is 2.22 bits per heavy atom. The summed E-state index contributed by atoms with van der Waals surface area (Å²) < 4.78 is 79.0. The van der Waals surface area contributed by atoms with Gasteiger partial charge in [0.15, 0.2) is 0 Å². The van der Waals surface area contributed by atoms with Gasteiger partial charge in [-0.1, -0.05) is 18.9 Å². The van der Waals surface area contributed by atoms with Crippen LogP contribution in [0.3, 0.4) is 0 Å². The van der Waals surface area contributed by atoms with E-state index in [0.717, 1.165) is 55.0 Å². The molecule has 8 nitrogen and oxygen atoms in total. The zero-order chi connectivity index (χ0) is 32.9. The van der Waals surface area contributed by atoms with Crippen LogP contribution in [0.4, 0.5) is 42.5 Å². The van der Waals surface area contributed by atoms with Crippen LogP contribution >= 0.6 is 0 Å². The Bertz CT molecular complexity index is 1520. The van der Waals surface area contributed by atoms with Crippen LogP contribution in [0, 0.1) is 11.3 Å². The van der Waals surface area contributed by atoms with E-state index in [0.29, 0.717) is 45.1 Å². The predicted molar refractivity (Wildman–Crippen MR) is 153 cm³/mol. The molecule has 0 aromatic heterocycles. The van der Waals surface area contributed by atoms with Crippen LogP contribution in [0.5, 0.6) is 0 Å². The molecule has 0 saturated carbocycles. The van der Waals surface area contributed by atoms with E-state index in [9.17, 15) is 40.7 Å². The Hall–Kier alpha value is -4.38. The van der Waals surface area contributed by atoms with E-state index in [2.05, 4.69) is 10.2 Å². The molecule has 0 atom stereocenters. The highest BCUT2D eigenvalue weighted by atomic mass is 19.4. The molecule has 0 radical (unpaired) electrons. The number of imide groups is 1. The van der Waals surface area contributed by atoms with E-state index < -0.39 is 46.9 Å². The first-order valence-electron chi connectivity index (χ1n) is 14.4. The van der Waals surface area contributed by atoms with E-state index in [1.807, 2.05) is 0 Å². The highest BCUT2D eigenvalue weighted by Gasteiger charge is 2.39. The number of alkyl halides is 6. The van der Waals surface area contributed by atoms with Crippen LogP contribution in [0.25, 0.3) is 0 Å². The molecule has 2 aliphatic heterocycles. The minimum Gasteiger partial charge on any atom is -0.322 e. The third-order valence-electron chi connectivity index (χ3n) is 7.88. The number of anilines is 2. The SMILES string of the molecule is CC1=C(CCCCCCN2CCN(C(=O)Nc3cccc(C(F)(F)F)c3)CC2)C(=O)N(c2ccc(C#N)c(C(F)(F)F)c2)C1=O. The van der Waals surface area contributed by atoms with Gasteiger partial charge >= 0.3 is 18.4 Å². The average molecular weight is 636 g/mol. The molecule has 1 N–H and O–H groups in total. The Kier molecular flexibility index (Phi) is 10.2. The Balaban J connectivity index is 1.18. The number of carbonyl (C=O) groups is 3. The number of nitriles is 1. The number of nitrogens with zero attached hydrogens (tertiary/aromatic N) is 4. The molecule has 0 unspecified atom stereocenters. The Labute approximate surface area is 255 Å². The van der Waals surface area contributed by atoms with Crippen LogP contribution in [-0.2, 0) is 21.9 Å². The zero-order valence-electron chi connectivity index (χ0n) is 24.4. The molecule has 2 heterocycles. The smallest absolute Gasteiger partial charge is 0.322 e. The van der Waals surface area contributed by atoms with Crippen LogP contribution in [-0.4, -0.2) is 60.4 Å². The number of unbranched alkanes of at least 4 members (excludes halogenated alkanes) is 3. The van der Waals surface area contributed by atoms with Crippen LogP contribution in [0.1, 0.15) is 55.7 Å². The predicted octanol–water partition coefficient (Wildman–Crippen LogP) is 6.59. The first-order valence-corrected chi connectivity index (χ1v) is 14.4. The summed E-state index contributed by atoms with van der Waals surface area (Å²) in [6.07, 6.45) is -5.99. The number of piperazine rings is 1. The minimum absolute atomic E-state index is 0.0736. The molecule has 14 heteroatoms. The Morgan fingerprint density at radius 1 is 0.889 bits per heavy atom. The van der Waals surface area contributed by atoms with Crippen molar-refractivity contribution in [3.63, 3.8) is 0 Å². The molecule has 2 aromatic carbocycles. The van der Waals surface area contributed by atoms with Gasteiger partial charge in [0.1, 0.15) is 0 Å². The number of benzene rings is 2. The lowest BCUT2D eigenvalue weighted by atomic mass is 10.0. The molecule has 240 valence electrons. The van der Waals surface area contributed by atoms with E-state index in [4.69, 9.17) is 5.26 Å². The quantitative estimate of drug-likeness (QED) is 0.191. The van der Waals surface area contributed by atoms with Crippen molar-refractivity contribution in [2.24, 2.45) is 0 Å². The van der Waals surface area contributed by atoms with Crippen LogP contribution in [0.15, 0.2) is 53.6 Å². The summed E-state index contributed by atoms with van der Waals surface area (Å²) in [6, 6.07) is 8.23. The van der Waals surface area contributed by atoms with Gasteiger partial charge in [0, 0.05) is 43.0 Å². The second-order valence-electron chi connectivity index (χ2n) is 10.9. The molecular formula is C31H31F6N5O3. The van der Waals surface area contributed by atoms with Gasteiger partial charge in [0.25, 0.3) is 11.8 Å². The fourth-order valence-electron chi connectivity index (χ4n) is 5.36. The number of urea groups is 1. The van der Waals surface area contributed by atoms with Gasteiger partial charge in [-0.2, -0.15) is 31.6 Å². The fraction of sp³-hybridized carbons (Fsp3) is 0.419. The second-order valence-corrected chi connectivity index (χ2v) is 10.9. The van der Waals surface area contributed by atoms with Gasteiger partial charge in [-0.25, -0.2) is 9.69 Å². The van der Waals surface area contributed by atoms with Crippen molar-refractivity contribution in [1.29, 1.82) is 5.26 Å². The maximum absolute atomic E-state index is 13.4. The third-order valence-corrected chi connectivity index (χ3v) is 7.88. The summed E-state index contributed by atoms with van der Waals surface area (Å²) in [4.78, 5) is 42.8. The molecule has 2 aromatic rings. The molecule has 1 fully saturated rings. The van der Waals surface area contributed by atoms with Gasteiger partial charge < -0.3 is 10.2 Å². The number of hydrogen-bond acceptors (Lipinski definition) is 5. The van der Waals surface area contributed by atoms with Crippen LogP contribution < -0.4 is 10.2 Å². The van der Waals surface area contributed by atoms with Gasteiger partial charge in [-0.15, -0.1) is 0 Å². The molecule has 4 amide bonds. The lowest BCUT2D eigenvalue weighted by Gasteiger charge is -2.34. The first kappa shape index (κ1) is 33.5. The summed E-state index contributed by atoms with van der Waals surface area (Å²) in [7, 11) is 0. The lowest BCUT2D eigenvalue weighted by Crippen LogP contribution is -2.50. The molecule has 0 aliphatic carbocycles. The maximum atomic E-state index is 13.4. The number of halogens is 6. The normalized spacial score (nSPS) is 16.4. The van der Waals surface area contributed by atoms with E-state index in [1.165, 1.54) is 25.1 Å². The fourth-order valence-corrected chi connectivity index (χ4v) is 5.36. The largest absolute Gasteiger partial charge is 0.417 e. The number of rotatable bonds is 9. The number of nitrogens with one attached hydrogen (secondary N) is 1. The molecule has 4 rings (SSSR count). The lowest BCUT2D eigenvalue weighted by molar-refractivity contribution is -0.138. The molecule has 0 bridgehead atoms. The summed E-state index contributed by atoms with van der Waals surface area (Å²) in [5.74, 6) is -1.35. The maximum Gasteiger partial charge on any atom is 0.417 e. The first-order chi connectivity index (χ1) is 21.2. The summed E-state index contributed by atoms with van der Waals surface area (Å²) in [5.41, 5.74) is -2.37. The van der Waals surface area contributed by atoms with E-state index >= 15 is 0 Å². The van der Waals surface area contributed by atoms with Gasteiger partial charge in [-0.05, 0) is 69.1 Å². The number of carbonyl (C=O) groups excluding carboxylic acids is 3. The second kappa shape index (κ2) is 13.7. The molecule has 1 saturated heterocycles. The summed E-state index contributed by atoms with van der Waals surface area (Å²) >= 11 is 0. The zero-order valence-corrected chi connectivity index (χ0v) is 24.4. The van der Waals surface area contributed by atoms with Crippen molar-refractivity contribution in [1.82, 2.24) is 9.80 Å². The van der Waals surface area contributed by atoms with Crippen molar-refractivity contribution < 1.29 is 40.7 Å². The van der Waals surface area contributed by atoms with Crippen molar-refractivity contribution in [2.45, 2.75) is 51.4 Å². The Morgan fingerprint density at radius 2 is 1.58 bits per heavy atom. The monoisotopic (exact) mass is 635 g/mol. The topological polar surface area (TPSA) is 96.8 Å². The van der Waals surface area contributed by atoms with Crippen molar-refractivity contribution in [3.8, 4) is 6.07 Å². The highest BCUT2D eigenvalue weighted by Crippen LogP contribution is 2.37. The van der Waals surface area contributed by atoms with Crippen molar-refractivity contribution in [3.05, 3.63) is 70.3 Å². The van der Waals surface area contributed by atoms with Gasteiger partial charge in [-0.3, -0.25) is 14.5 Å². The molecule has 45 heavy (non-hydrogen) atoms. The highest BCUT2D eigenvalue weighted by molar-refractivity contribution is 6.32. The summed E-state index contributed by atoms with van der Waals surface area (Å²) in [6.45, 7) is 4.32. The standard InChI is InChI=1S/C31H31F6N5O3/c1-20-25(28(44)42(27(20)43)24-11-10-21(19-38)26(18-24)31(35,36)37)9-4-2-3-5-12-40-13-15-41(16-14-40)29(45)39-23-8-6-7-22(17-23)30(32,33)34/h6-8,10-11,17-18H,2-5,9,12-16H2,1H3,(H,39,45). The summed E-state index contributed by atoms with van der Waals surface area (Å²) in [5, 5.41) is 11.5. The van der Waals surface area contributed by atoms with Gasteiger partial charge in [0.05, 0.1) is 28.4 Å². The third kappa shape index (κ3) is 8.02. The van der Waals surface area contributed by atoms with Gasteiger partial charge in [0.2, 0.25) is 0 Å². The average Bonchev–Trinajstić information content (AvgIpc) is 3.20. The molecule has 0 spiro atoms. The van der Waals surface area contributed by atoms with Crippen molar-refractivity contribution >= 4 is 29.2 Å². The minimum atomic E-state index is -4.82. The molecule has 2 aliphatic rings. The van der Waals surface area contributed by atoms with E-state index in [-0.39, 0.29) is 22.5 Å².